The molecule has 1 unspecified atom stereocenters. The number of aliphatic hydroxyl groups is 2. The number of hydrogen-bond donors (Lipinski definition) is 2. The molecule has 2 fully saturated rings. The van der Waals surface area contributed by atoms with Gasteiger partial charge in [0.15, 0.2) is 0 Å². The topological polar surface area (TPSA) is 61.5 Å². The minimum atomic E-state index is -0.686. The van der Waals surface area contributed by atoms with Crippen molar-refractivity contribution in [1.82, 2.24) is 9.55 Å². The lowest BCUT2D eigenvalue weighted by molar-refractivity contribution is 0.0438. The van der Waals surface area contributed by atoms with Gasteiger partial charge in [0, 0.05) is 19.1 Å². The lowest BCUT2D eigenvalue weighted by Gasteiger charge is -2.33. The largest absolute Gasteiger partial charge is 0.390 e. The first-order chi connectivity index (χ1) is 10.5. The van der Waals surface area contributed by atoms with Gasteiger partial charge < -0.3 is 19.7 Å². The van der Waals surface area contributed by atoms with E-state index in [1.807, 2.05) is 6.07 Å². The molecule has 2 N–H and O–H groups in total. The molecule has 1 aliphatic heterocycles. The average molecular weight is 342 g/mol. The maximum absolute atomic E-state index is 9.89. The normalized spacial score (nSPS) is 28.4. The highest BCUT2D eigenvalue weighted by atomic mass is 35.5. The molecule has 2 aromatic rings. The Labute approximate surface area is 138 Å². The first kappa shape index (κ1) is 14.6. The maximum atomic E-state index is 9.89. The number of aliphatic hydroxyl groups excluding tert-OH is 2. The molecular weight excluding hydrogens is 325 g/mol. The molecule has 1 aliphatic carbocycles. The van der Waals surface area contributed by atoms with Crippen molar-refractivity contribution in [3.8, 4) is 0 Å². The van der Waals surface area contributed by atoms with Crippen LogP contribution >= 0.6 is 23.2 Å². The van der Waals surface area contributed by atoms with Crippen molar-refractivity contribution in [3.05, 3.63) is 22.2 Å². The Hall–Kier alpha value is -1.01. The van der Waals surface area contributed by atoms with Crippen molar-refractivity contribution in [3.63, 3.8) is 0 Å². The van der Waals surface area contributed by atoms with E-state index in [1.54, 1.807) is 6.07 Å². The van der Waals surface area contributed by atoms with Gasteiger partial charge in [0.2, 0.25) is 5.95 Å². The molecule has 118 valence electrons. The summed E-state index contributed by atoms with van der Waals surface area (Å²) in [6.07, 6.45) is 0.825. The van der Waals surface area contributed by atoms with E-state index in [0.717, 1.165) is 36.5 Å². The van der Waals surface area contributed by atoms with E-state index in [9.17, 15) is 10.2 Å². The summed E-state index contributed by atoms with van der Waals surface area (Å²) in [6.45, 7) is 1.95. The number of hydrogen-bond acceptors (Lipinski definition) is 4. The van der Waals surface area contributed by atoms with Crippen LogP contribution in [-0.2, 0) is 0 Å². The molecular formula is C15H17Cl2N3O2. The molecule has 22 heavy (non-hydrogen) atoms. The van der Waals surface area contributed by atoms with Crippen LogP contribution in [-0.4, -0.2) is 45.1 Å². The van der Waals surface area contributed by atoms with Crippen LogP contribution in [0.25, 0.3) is 11.0 Å². The van der Waals surface area contributed by atoms with Gasteiger partial charge in [0.1, 0.15) is 0 Å². The number of benzene rings is 1. The van der Waals surface area contributed by atoms with Crippen LogP contribution in [0.5, 0.6) is 0 Å². The number of rotatable bonds is 2. The number of anilines is 1. The Morgan fingerprint density at radius 2 is 1.68 bits per heavy atom. The quantitative estimate of drug-likeness (QED) is 0.881. The predicted octanol–water partition coefficient (Wildman–Crippen LogP) is 2.61. The molecule has 2 heterocycles. The Bertz CT molecular complexity index is 719. The summed E-state index contributed by atoms with van der Waals surface area (Å²) in [5.74, 6) is 0.880. The summed E-state index contributed by atoms with van der Waals surface area (Å²) in [4.78, 5) is 6.92. The molecule has 0 spiro atoms. The molecule has 1 aromatic carbocycles. The first-order valence-corrected chi connectivity index (χ1v) is 8.28. The molecule has 4 rings (SSSR count). The van der Waals surface area contributed by atoms with Crippen LogP contribution < -0.4 is 4.90 Å². The number of aromatic nitrogens is 2. The average Bonchev–Trinajstić information content (AvgIpc) is 2.89. The van der Waals surface area contributed by atoms with Crippen LogP contribution in [0.15, 0.2) is 12.1 Å². The molecule has 1 saturated heterocycles. The Morgan fingerprint density at radius 1 is 1.05 bits per heavy atom. The third-order valence-electron chi connectivity index (χ3n) is 4.69. The van der Waals surface area contributed by atoms with E-state index in [0.29, 0.717) is 22.9 Å². The van der Waals surface area contributed by atoms with Gasteiger partial charge in [-0.1, -0.05) is 23.2 Å². The molecule has 2 aliphatic rings. The van der Waals surface area contributed by atoms with Gasteiger partial charge >= 0.3 is 0 Å². The zero-order chi connectivity index (χ0) is 15.4. The fraction of sp³-hybridized carbons (Fsp3) is 0.533. The van der Waals surface area contributed by atoms with Crippen LogP contribution in [0.3, 0.4) is 0 Å². The van der Waals surface area contributed by atoms with Gasteiger partial charge in [-0.15, -0.1) is 0 Å². The van der Waals surface area contributed by atoms with E-state index in [-0.39, 0.29) is 6.04 Å². The zero-order valence-corrected chi connectivity index (χ0v) is 13.4. The van der Waals surface area contributed by atoms with E-state index in [2.05, 4.69) is 9.47 Å². The fourth-order valence-corrected chi connectivity index (χ4v) is 3.67. The van der Waals surface area contributed by atoms with E-state index in [4.69, 9.17) is 28.2 Å². The molecule has 1 aromatic heterocycles. The van der Waals surface area contributed by atoms with E-state index < -0.39 is 12.2 Å². The fourth-order valence-electron chi connectivity index (χ4n) is 3.36. The Morgan fingerprint density at radius 3 is 2.27 bits per heavy atom. The summed E-state index contributed by atoms with van der Waals surface area (Å²) < 4.78 is 2.11. The second-order valence-electron chi connectivity index (χ2n) is 6.14. The molecule has 3 atom stereocenters. The third-order valence-corrected chi connectivity index (χ3v) is 5.41. The van der Waals surface area contributed by atoms with Gasteiger partial charge in [0.25, 0.3) is 0 Å². The van der Waals surface area contributed by atoms with Crippen LogP contribution in [0, 0.1) is 0 Å². The first-order valence-electron chi connectivity index (χ1n) is 7.52. The molecule has 7 heteroatoms. The van der Waals surface area contributed by atoms with Crippen molar-refractivity contribution in [2.24, 2.45) is 0 Å². The van der Waals surface area contributed by atoms with Crippen molar-refractivity contribution in [2.75, 3.05) is 18.0 Å². The number of fused-ring (bicyclic) bond motifs is 1. The van der Waals surface area contributed by atoms with E-state index >= 15 is 0 Å². The van der Waals surface area contributed by atoms with Crippen LogP contribution in [0.4, 0.5) is 5.95 Å². The summed E-state index contributed by atoms with van der Waals surface area (Å²) in [5, 5.41) is 20.8. The van der Waals surface area contributed by atoms with Gasteiger partial charge in [-0.2, -0.15) is 0 Å². The minimum absolute atomic E-state index is 0.0165. The highest BCUT2D eigenvalue weighted by molar-refractivity contribution is 6.42. The van der Waals surface area contributed by atoms with Crippen molar-refractivity contribution in [2.45, 2.75) is 37.5 Å². The lowest BCUT2D eigenvalue weighted by atomic mass is 10.2. The highest BCUT2D eigenvalue weighted by Crippen LogP contribution is 2.39. The summed E-state index contributed by atoms with van der Waals surface area (Å²) in [6, 6.07) is 3.62. The Kier molecular flexibility index (Phi) is 3.49. The standard InChI is InChI=1S/C15H17Cl2N3O2/c16-9-6-11-12(7-10(9)17)20(8-4-13(21)14(22)5-8)15(18-11)19-2-1-3-19/h6-8,13-14,21-22H,1-5H2/t8?,13-,14+. The van der Waals surface area contributed by atoms with Crippen molar-refractivity contribution in [1.29, 1.82) is 0 Å². The van der Waals surface area contributed by atoms with Crippen molar-refractivity contribution >= 4 is 40.2 Å². The maximum Gasteiger partial charge on any atom is 0.206 e. The van der Waals surface area contributed by atoms with Gasteiger partial charge in [-0.3, -0.25) is 0 Å². The molecule has 5 nitrogen and oxygen atoms in total. The Balaban J connectivity index is 1.87. The number of halogens is 2. The zero-order valence-electron chi connectivity index (χ0n) is 11.9. The number of nitrogens with zero attached hydrogens (tertiary/aromatic N) is 3. The van der Waals surface area contributed by atoms with Crippen LogP contribution in [0.2, 0.25) is 10.0 Å². The van der Waals surface area contributed by atoms with E-state index in [1.165, 1.54) is 0 Å². The highest BCUT2D eigenvalue weighted by Gasteiger charge is 2.36. The number of imidazole rings is 1. The molecule has 1 saturated carbocycles. The third kappa shape index (κ3) is 2.19. The monoisotopic (exact) mass is 341 g/mol. The second kappa shape index (κ2) is 5.27. The summed E-state index contributed by atoms with van der Waals surface area (Å²) >= 11 is 12.3. The van der Waals surface area contributed by atoms with Gasteiger partial charge in [0.05, 0.1) is 33.3 Å². The second-order valence-corrected chi connectivity index (χ2v) is 6.95. The molecule has 0 amide bonds. The smallest absolute Gasteiger partial charge is 0.206 e. The van der Waals surface area contributed by atoms with Crippen molar-refractivity contribution < 1.29 is 10.2 Å². The lowest BCUT2D eigenvalue weighted by Crippen LogP contribution is -2.39. The van der Waals surface area contributed by atoms with Gasteiger partial charge in [-0.25, -0.2) is 4.98 Å². The minimum Gasteiger partial charge on any atom is -0.390 e. The SMILES string of the molecule is O[C@@H]1CC(n2c(N3CCC3)nc3cc(Cl)c(Cl)cc32)C[C@@H]1O. The summed E-state index contributed by atoms with van der Waals surface area (Å²) in [5.41, 5.74) is 1.70. The van der Waals surface area contributed by atoms with Crippen LogP contribution in [0.1, 0.15) is 25.3 Å². The molecule has 0 radical (unpaired) electrons. The molecule has 0 bridgehead atoms. The van der Waals surface area contributed by atoms with Gasteiger partial charge in [-0.05, 0) is 31.4 Å². The predicted molar refractivity (Wildman–Crippen MR) is 86.9 cm³/mol. The summed E-state index contributed by atoms with van der Waals surface area (Å²) in [7, 11) is 0.